The number of nitrogens with zero attached hydrogens (tertiary/aromatic N) is 3. The van der Waals surface area contributed by atoms with Crippen LogP contribution in [0.15, 0.2) is 60.7 Å². The van der Waals surface area contributed by atoms with Gasteiger partial charge in [-0.2, -0.15) is 0 Å². The van der Waals surface area contributed by atoms with E-state index < -0.39 is 0 Å². The predicted octanol–water partition coefficient (Wildman–Crippen LogP) is 3.98. The Kier molecular flexibility index (Phi) is 5.33. The fourth-order valence-corrected chi connectivity index (χ4v) is 3.47. The third kappa shape index (κ3) is 4.19. The second-order valence-electron chi connectivity index (χ2n) is 7.17. The number of rotatable bonds is 5. The van der Waals surface area contributed by atoms with Crippen LogP contribution in [-0.2, 0) is 6.54 Å². The number of hydrogen-bond acceptors (Lipinski definition) is 4. The molecule has 1 aliphatic rings. The first-order valence-corrected chi connectivity index (χ1v) is 9.72. The Morgan fingerprint density at radius 3 is 2.54 bits per heavy atom. The highest BCUT2D eigenvalue weighted by Crippen LogP contribution is 2.23. The molecule has 28 heavy (non-hydrogen) atoms. The molecule has 3 aromatic rings. The third-order valence-electron chi connectivity index (χ3n) is 4.94. The van der Waals surface area contributed by atoms with Crippen molar-refractivity contribution < 1.29 is 4.79 Å². The van der Waals surface area contributed by atoms with Gasteiger partial charge in [-0.15, -0.1) is 0 Å². The smallest absolute Gasteiger partial charge is 0.270 e. The van der Waals surface area contributed by atoms with Gasteiger partial charge in [0.25, 0.3) is 5.91 Å². The van der Waals surface area contributed by atoms with E-state index in [0.717, 1.165) is 42.9 Å². The largest absolute Gasteiger partial charge is 0.356 e. The summed E-state index contributed by atoms with van der Waals surface area (Å²) in [4.78, 5) is 24.3. The Hall–Kier alpha value is -3.21. The minimum absolute atomic E-state index is 0.179. The van der Waals surface area contributed by atoms with E-state index in [0.29, 0.717) is 18.1 Å². The molecule has 2 aromatic carbocycles. The molecule has 5 heteroatoms. The maximum atomic E-state index is 12.8. The Morgan fingerprint density at radius 1 is 1.00 bits per heavy atom. The quantitative estimate of drug-likeness (QED) is 0.736. The van der Waals surface area contributed by atoms with Crippen molar-refractivity contribution in [2.24, 2.45) is 0 Å². The van der Waals surface area contributed by atoms with Gasteiger partial charge >= 0.3 is 0 Å². The highest BCUT2D eigenvalue weighted by Gasteiger charge is 2.19. The van der Waals surface area contributed by atoms with Crippen LogP contribution in [-0.4, -0.2) is 29.0 Å². The molecule has 0 radical (unpaired) electrons. The molecular formula is C23H24N4O. The van der Waals surface area contributed by atoms with E-state index in [1.165, 1.54) is 5.56 Å². The molecular weight excluding hydrogens is 348 g/mol. The maximum absolute atomic E-state index is 12.8. The van der Waals surface area contributed by atoms with Crippen molar-refractivity contribution in [2.45, 2.75) is 26.3 Å². The van der Waals surface area contributed by atoms with Crippen LogP contribution in [0.4, 0.5) is 5.82 Å². The number of aromatic nitrogens is 2. The van der Waals surface area contributed by atoms with E-state index in [-0.39, 0.29) is 5.91 Å². The van der Waals surface area contributed by atoms with E-state index in [1.54, 1.807) is 0 Å². The summed E-state index contributed by atoms with van der Waals surface area (Å²) in [5.74, 6) is 1.24. The van der Waals surface area contributed by atoms with Crippen molar-refractivity contribution in [3.8, 4) is 11.4 Å². The standard InChI is InChI=1S/C23H24N4O/c1-17-8-7-9-18(14-17)16-24-23(28)20-15-21(27-12-5-6-13-27)26-22(25-20)19-10-3-2-4-11-19/h2-4,7-11,14-15H,5-6,12-13,16H2,1H3,(H,24,28). The lowest BCUT2D eigenvalue weighted by atomic mass is 10.1. The molecule has 5 nitrogen and oxygen atoms in total. The second-order valence-corrected chi connectivity index (χ2v) is 7.17. The number of aryl methyl sites for hydroxylation is 1. The normalized spacial score (nSPS) is 13.5. The highest BCUT2D eigenvalue weighted by atomic mass is 16.1. The van der Waals surface area contributed by atoms with Gasteiger partial charge in [0.2, 0.25) is 0 Å². The average molecular weight is 372 g/mol. The molecule has 0 unspecified atom stereocenters. The van der Waals surface area contributed by atoms with Crippen molar-refractivity contribution in [2.75, 3.05) is 18.0 Å². The van der Waals surface area contributed by atoms with Crippen LogP contribution in [0.2, 0.25) is 0 Å². The summed E-state index contributed by atoms with van der Waals surface area (Å²) in [5.41, 5.74) is 3.57. The summed E-state index contributed by atoms with van der Waals surface area (Å²) in [6.45, 7) is 4.46. The summed E-state index contributed by atoms with van der Waals surface area (Å²) in [6, 6.07) is 19.8. The molecule has 1 saturated heterocycles. The van der Waals surface area contributed by atoms with Gasteiger partial charge in [-0.05, 0) is 25.3 Å². The van der Waals surface area contributed by atoms with E-state index in [4.69, 9.17) is 4.98 Å². The topological polar surface area (TPSA) is 58.1 Å². The van der Waals surface area contributed by atoms with Crippen molar-refractivity contribution >= 4 is 11.7 Å². The first kappa shape index (κ1) is 18.2. The van der Waals surface area contributed by atoms with Crippen molar-refractivity contribution in [3.63, 3.8) is 0 Å². The minimum Gasteiger partial charge on any atom is -0.356 e. The third-order valence-corrected chi connectivity index (χ3v) is 4.94. The predicted molar refractivity (Wildman–Crippen MR) is 111 cm³/mol. The molecule has 1 aliphatic heterocycles. The van der Waals surface area contributed by atoms with Gasteiger partial charge in [-0.25, -0.2) is 9.97 Å². The summed E-state index contributed by atoms with van der Waals surface area (Å²) in [6.07, 6.45) is 2.30. The van der Waals surface area contributed by atoms with Crippen molar-refractivity contribution in [3.05, 3.63) is 77.5 Å². The number of carbonyl (C=O) groups excluding carboxylic acids is 1. The van der Waals surface area contributed by atoms with Crippen LogP contribution < -0.4 is 10.2 Å². The number of carbonyl (C=O) groups is 1. The molecule has 142 valence electrons. The minimum atomic E-state index is -0.179. The summed E-state index contributed by atoms with van der Waals surface area (Å²) in [7, 11) is 0. The number of amides is 1. The van der Waals surface area contributed by atoms with Crippen molar-refractivity contribution in [1.82, 2.24) is 15.3 Å². The number of anilines is 1. The Balaban J connectivity index is 1.61. The zero-order valence-electron chi connectivity index (χ0n) is 16.1. The number of hydrogen-bond donors (Lipinski definition) is 1. The fraction of sp³-hybridized carbons (Fsp3) is 0.261. The number of benzene rings is 2. The summed E-state index contributed by atoms with van der Waals surface area (Å²) >= 11 is 0. The molecule has 1 aromatic heterocycles. The van der Waals surface area contributed by atoms with Crippen LogP contribution in [0.1, 0.15) is 34.5 Å². The molecule has 0 atom stereocenters. The van der Waals surface area contributed by atoms with Crippen LogP contribution in [0.5, 0.6) is 0 Å². The fourth-order valence-electron chi connectivity index (χ4n) is 3.47. The molecule has 0 bridgehead atoms. The first-order valence-electron chi connectivity index (χ1n) is 9.72. The van der Waals surface area contributed by atoms with Crippen LogP contribution in [0, 0.1) is 6.92 Å². The van der Waals surface area contributed by atoms with Crippen molar-refractivity contribution in [1.29, 1.82) is 0 Å². The zero-order valence-corrected chi connectivity index (χ0v) is 16.1. The van der Waals surface area contributed by atoms with Gasteiger partial charge in [0.1, 0.15) is 11.5 Å². The number of nitrogens with one attached hydrogen (secondary N) is 1. The Bertz CT molecular complexity index is 965. The maximum Gasteiger partial charge on any atom is 0.270 e. The van der Waals surface area contributed by atoms with E-state index >= 15 is 0 Å². The molecule has 1 N–H and O–H groups in total. The van der Waals surface area contributed by atoms with Gasteiger partial charge < -0.3 is 10.2 Å². The molecule has 4 rings (SSSR count). The van der Waals surface area contributed by atoms with Crippen LogP contribution in [0.3, 0.4) is 0 Å². The Morgan fingerprint density at radius 2 is 1.79 bits per heavy atom. The molecule has 1 fully saturated rings. The van der Waals surface area contributed by atoms with Gasteiger partial charge in [-0.1, -0.05) is 60.2 Å². The average Bonchev–Trinajstić information content (AvgIpc) is 3.27. The molecule has 2 heterocycles. The first-order chi connectivity index (χ1) is 13.7. The second kappa shape index (κ2) is 8.21. The molecule has 0 saturated carbocycles. The molecule has 0 spiro atoms. The zero-order chi connectivity index (χ0) is 19.3. The van der Waals surface area contributed by atoms with Gasteiger partial charge in [0.05, 0.1) is 0 Å². The highest BCUT2D eigenvalue weighted by molar-refractivity contribution is 5.93. The summed E-state index contributed by atoms with van der Waals surface area (Å²) in [5, 5.41) is 2.99. The SMILES string of the molecule is Cc1cccc(CNC(=O)c2cc(N3CCCC3)nc(-c3ccccc3)n2)c1. The van der Waals surface area contributed by atoms with Gasteiger partial charge in [0.15, 0.2) is 5.82 Å². The molecule has 1 amide bonds. The van der Waals surface area contributed by atoms with E-state index in [2.05, 4.69) is 21.3 Å². The van der Waals surface area contributed by atoms with Crippen LogP contribution >= 0.6 is 0 Å². The lowest BCUT2D eigenvalue weighted by Gasteiger charge is -2.18. The van der Waals surface area contributed by atoms with Crippen LogP contribution in [0.25, 0.3) is 11.4 Å². The van der Waals surface area contributed by atoms with E-state index in [9.17, 15) is 4.79 Å². The lowest BCUT2D eigenvalue weighted by Crippen LogP contribution is -2.26. The van der Waals surface area contributed by atoms with E-state index in [1.807, 2.05) is 61.5 Å². The monoisotopic (exact) mass is 372 g/mol. The Labute approximate surface area is 165 Å². The lowest BCUT2D eigenvalue weighted by molar-refractivity contribution is 0.0946. The van der Waals surface area contributed by atoms with Gasteiger partial charge in [0, 0.05) is 31.3 Å². The molecule has 0 aliphatic carbocycles. The van der Waals surface area contributed by atoms with Gasteiger partial charge in [-0.3, -0.25) is 4.79 Å². The summed E-state index contributed by atoms with van der Waals surface area (Å²) < 4.78 is 0.